The fourth-order valence-electron chi connectivity index (χ4n) is 3.79. The summed E-state index contributed by atoms with van der Waals surface area (Å²) in [5.41, 5.74) is -0.555. The number of guanidine groups is 1. The van der Waals surface area contributed by atoms with Crippen LogP contribution in [-0.2, 0) is 4.74 Å². The summed E-state index contributed by atoms with van der Waals surface area (Å²) in [5.74, 6) is 0.796. The lowest BCUT2D eigenvalue weighted by Crippen LogP contribution is -2.52. The van der Waals surface area contributed by atoms with Crippen molar-refractivity contribution in [2.75, 3.05) is 13.6 Å². The van der Waals surface area contributed by atoms with Crippen LogP contribution in [0.25, 0.3) is 0 Å². The van der Waals surface area contributed by atoms with E-state index < -0.39 is 5.60 Å². The predicted octanol–water partition coefficient (Wildman–Crippen LogP) is 1.17. The molecule has 5 nitrogen and oxygen atoms in total. The average molecular weight is 281 g/mol. The molecule has 2 saturated heterocycles. The molecular formula is C15H27N3O2. The standard InChI is InChI=1S/C15H27N3O2/c1-16-14(17-10-15(19)7-3-2-4-8-15)18-12-9-11-5-6-13(12)20-11/h11-13,19H,2-10H2,1H3,(H2,16,17,18). The Morgan fingerprint density at radius 3 is 2.70 bits per heavy atom. The zero-order valence-corrected chi connectivity index (χ0v) is 12.4. The van der Waals surface area contributed by atoms with Gasteiger partial charge in [-0.1, -0.05) is 19.3 Å². The smallest absolute Gasteiger partial charge is 0.191 e. The number of aliphatic imine (C=N–C) groups is 1. The third-order valence-electron chi connectivity index (χ3n) is 5.02. The summed E-state index contributed by atoms with van der Waals surface area (Å²) in [4.78, 5) is 4.28. The molecule has 3 N–H and O–H groups in total. The maximum Gasteiger partial charge on any atom is 0.191 e. The third-order valence-corrected chi connectivity index (χ3v) is 5.02. The zero-order chi connectivity index (χ0) is 14.0. The first kappa shape index (κ1) is 14.1. The Morgan fingerprint density at radius 1 is 1.30 bits per heavy atom. The highest BCUT2D eigenvalue weighted by Gasteiger charge is 2.41. The molecule has 114 valence electrons. The number of nitrogens with zero attached hydrogens (tertiary/aromatic N) is 1. The summed E-state index contributed by atoms with van der Waals surface area (Å²) in [7, 11) is 1.79. The van der Waals surface area contributed by atoms with Crippen molar-refractivity contribution in [3.05, 3.63) is 0 Å². The molecule has 1 saturated carbocycles. The second kappa shape index (κ2) is 5.90. The van der Waals surface area contributed by atoms with Crippen LogP contribution < -0.4 is 10.6 Å². The largest absolute Gasteiger partial charge is 0.388 e. The highest BCUT2D eigenvalue weighted by molar-refractivity contribution is 5.80. The summed E-state index contributed by atoms with van der Waals surface area (Å²) < 4.78 is 5.85. The van der Waals surface area contributed by atoms with Crippen molar-refractivity contribution >= 4 is 5.96 Å². The molecule has 0 amide bonds. The number of hydrogen-bond acceptors (Lipinski definition) is 3. The van der Waals surface area contributed by atoms with Gasteiger partial charge in [-0.2, -0.15) is 0 Å². The summed E-state index contributed by atoms with van der Waals surface area (Å²) in [6, 6.07) is 0.376. The van der Waals surface area contributed by atoms with Crippen LogP contribution >= 0.6 is 0 Å². The van der Waals surface area contributed by atoms with Gasteiger partial charge in [0.25, 0.3) is 0 Å². The van der Waals surface area contributed by atoms with Crippen molar-refractivity contribution in [3.8, 4) is 0 Å². The van der Waals surface area contributed by atoms with Crippen molar-refractivity contribution in [2.24, 2.45) is 4.99 Å². The van der Waals surface area contributed by atoms with Gasteiger partial charge in [-0.05, 0) is 32.1 Å². The van der Waals surface area contributed by atoms with E-state index in [9.17, 15) is 5.11 Å². The van der Waals surface area contributed by atoms with Crippen LogP contribution in [0.4, 0.5) is 0 Å². The second-order valence-corrected chi connectivity index (χ2v) is 6.57. The maximum atomic E-state index is 10.5. The van der Waals surface area contributed by atoms with Crippen molar-refractivity contribution < 1.29 is 9.84 Å². The van der Waals surface area contributed by atoms with Crippen LogP contribution in [-0.4, -0.2) is 48.5 Å². The molecule has 2 aliphatic heterocycles. The molecular weight excluding hydrogens is 254 g/mol. The molecule has 3 unspecified atom stereocenters. The molecule has 0 aromatic carbocycles. The van der Waals surface area contributed by atoms with E-state index in [0.717, 1.165) is 44.5 Å². The van der Waals surface area contributed by atoms with Gasteiger partial charge < -0.3 is 20.5 Å². The molecule has 2 bridgehead atoms. The lowest BCUT2D eigenvalue weighted by atomic mass is 9.85. The minimum absolute atomic E-state index is 0.344. The first-order valence-corrected chi connectivity index (χ1v) is 8.04. The van der Waals surface area contributed by atoms with E-state index in [1.807, 2.05) is 0 Å². The maximum absolute atomic E-state index is 10.5. The van der Waals surface area contributed by atoms with Gasteiger partial charge in [-0.25, -0.2) is 0 Å². The summed E-state index contributed by atoms with van der Waals surface area (Å²) >= 11 is 0. The molecule has 2 heterocycles. The van der Waals surface area contributed by atoms with Gasteiger partial charge in [0.1, 0.15) is 0 Å². The molecule has 0 radical (unpaired) electrons. The molecule has 3 rings (SSSR count). The Balaban J connectivity index is 1.48. The number of rotatable bonds is 3. The van der Waals surface area contributed by atoms with Gasteiger partial charge in [-0.15, -0.1) is 0 Å². The fraction of sp³-hybridized carbons (Fsp3) is 0.933. The molecule has 20 heavy (non-hydrogen) atoms. The van der Waals surface area contributed by atoms with E-state index in [1.54, 1.807) is 7.05 Å². The molecule has 0 aromatic rings. The van der Waals surface area contributed by atoms with Crippen LogP contribution in [0.3, 0.4) is 0 Å². The Bertz CT molecular complexity index is 366. The summed E-state index contributed by atoms with van der Waals surface area (Å²) in [6.45, 7) is 0.592. The van der Waals surface area contributed by atoms with E-state index in [2.05, 4.69) is 15.6 Å². The van der Waals surface area contributed by atoms with E-state index >= 15 is 0 Å². The number of fused-ring (bicyclic) bond motifs is 2. The normalized spacial score (nSPS) is 36.1. The molecule has 3 atom stereocenters. The summed E-state index contributed by atoms with van der Waals surface area (Å²) in [5, 5.41) is 17.3. The Hall–Kier alpha value is -0.810. The molecule has 1 aliphatic carbocycles. The van der Waals surface area contributed by atoms with Gasteiger partial charge in [0.15, 0.2) is 5.96 Å². The minimum atomic E-state index is -0.555. The minimum Gasteiger partial charge on any atom is -0.388 e. The van der Waals surface area contributed by atoms with Crippen LogP contribution in [0.2, 0.25) is 0 Å². The quantitative estimate of drug-likeness (QED) is 0.536. The second-order valence-electron chi connectivity index (χ2n) is 6.57. The highest BCUT2D eigenvalue weighted by Crippen LogP contribution is 2.34. The first-order chi connectivity index (χ1) is 9.68. The molecule has 5 heteroatoms. The SMILES string of the molecule is CN=C(NCC1(O)CCCCC1)NC1CC2CCC1O2. The van der Waals surface area contributed by atoms with Crippen molar-refractivity contribution in [1.29, 1.82) is 0 Å². The lowest BCUT2D eigenvalue weighted by molar-refractivity contribution is 0.00853. The number of ether oxygens (including phenoxy) is 1. The van der Waals surface area contributed by atoms with Crippen LogP contribution in [0.5, 0.6) is 0 Å². The van der Waals surface area contributed by atoms with Gasteiger partial charge in [-0.3, -0.25) is 4.99 Å². The van der Waals surface area contributed by atoms with E-state index in [-0.39, 0.29) is 0 Å². The zero-order valence-electron chi connectivity index (χ0n) is 12.4. The Kier molecular flexibility index (Phi) is 4.17. The molecule has 0 spiro atoms. The van der Waals surface area contributed by atoms with Crippen LogP contribution in [0.1, 0.15) is 51.4 Å². The van der Waals surface area contributed by atoms with E-state index in [1.165, 1.54) is 12.8 Å². The average Bonchev–Trinajstić information content (AvgIpc) is 3.06. The van der Waals surface area contributed by atoms with Gasteiger partial charge >= 0.3 is 0 Å². The Labute approximate surface area is 121 Å². The monoisotopic (exact) mass is 281 g/mol. The lowest BCUT2D eigenvalue weighted by Gasteiger charge is -2.33. The predicted molar refractivity (Wildman–Crippen MR) is 78.8 cm³/mol. The molecule has 0 aromatic heterocycles. The van der Waals surface area contributed by atoms with Crippen LogP contribution in [0.15, 0.2) is 4.99 Å². The topological polar surface area (TPSA) is 65.9 Å². The van der Waals surface area contributed by atoms with Crippen molar-refractivity contribution in [2.45, 2.75) is 75.2 Å². The van der Waals surface area contributed by atoms with E-state index in [0.29, 0.717) is 24.8 Å². The highest BCUT2D eigenvalue weighted by atomic mass is 16.5. The van der Waals surface area contributed by atoms with Crippen LogP contribution in [0, 0.1) is 0 Å². The van der Waals surface area contributed by atoms with Crippen molar-refractivity contribution in [3.63, 3.8) is 0 Å². The molecule has 3 aliphatic rings. The first-order valence-electron chi connectivity index (χ1n) is 8.04. The number of aliphatic hydroxyl groups is 1. The number of hydrogen-bond donors (Lipinski definition) is 3. The fourth-order valence-corrected chi connectivity index (χ4v) is 3.79. The Morgan fingerprint density at radius 2 is 2.10 bits per heavy atom. The third kappa shape index (κ3) is 3.09. The van der Waals surface area contributed by atoms with E-state index in [4.69, 9.17) is 4.74 Å². The van der Waals surface area contributed by atoms with Crippen molar-refractivity contribution in [1.82, 2.24) is 10.6 Å². The van der Waals surface area contributed by atoms with Gasteiger partial charge in [0, 0.05) is 13.6 Å². The van der Waals surface area contributed by atoms with Gasteiger partial charge in [0.05, 0.1) is 23.9 Å². The molecule has 3 fully saturated rings. The van der Waals surface area contributed by atoms with Gasteiger partial charge in [0.2, 0.25) is 0 Å². The summed E-state index contributed by atoms with van der Waals surface area (Å²) in [6.07, 6.45) is 9.53. The number of nitrogens with one attached hydrogen (secondary N) is 2.